The number of amides is 1. The third kappa shape index (κ3) is 6.72. The molecule has 1 fully saturated rings. The molecule has 0 heterocycles. The number of carbonyl (C=O) groups excluding carboxylic acids is 1. The lowest BCUT2D eigenvalue weighted by Gasteiger charge is -2.22. The zero-order valence-corrected chi connectivity index (χ0v) is 15.8. The molecule has 0 atom stereocenters. The zero-order valence-electron chi connectivity index (χ0n) is 13.5. The van der Waals surface area contributed by atoms with Crippen LogP contribution < -0.4 is 10.6 Å². The van der Waals surface area contributed by atoms with Crippen molar-refractivity contribution in [2.24, 2.45) is 10.9 Å². The number of benzene rings is 1. The summed E-state index contributed by atoms with van der Waals surface area (Å²) in [7, 11) is 3.63. The first-order valence-corrected chi connectivity index (χ1v) is 7.54. The summed E-state index contributed by atoms with van der Waals surface area (Å²) in [5.41, 5.74) is 1.01. The minimum Gasteiger partial charge on any atom is -0.354 e. The van der Waals surface area contributed by atoms with E-state index in [2.05, 4.69) is 15.6 Å². The predicted molar refractivity (Wildman–Crippen MR) is 100 cm³/mol. The molecule has 128 valence electrons. The Kier molecular flexibility index (Phi) is 8.29. The standard InChI is InChI=1S/C16H23FN4O.HI/c1-18-16(20-10-9-19-15(22)13-5-6-13)21(2)11-12-3-7-14(17)8-4-12;/h3-4,7-8,13H,5-6,9-11H2,1-2H3,(H,18,20)(H,19,22);1H. The summed E-state index contributed by atoms with van der Waals surface area (Å²) < 4.78 is 12.9. The largest absolute Gasteiger partial charge is 0.354 e. The van der Waals surface area contributed by atoms with Crippen molar-refractivity contribution in [2.45, 2.75) is 19.4 Å². The van der Waals surface area contributed by atoms with E-state index in [1.807, 2.05) is 11.9 Å². The molecule has 7 heteroatoms. The second kappa shape index (κ2) is 9.69. The van der Waals surface area contributed by atoms with Crippen LogP contribution in [-0.2, 0) is 11.3 Å². The fourth-order valence-electron chi connectivity index (χ4n) is 2.17. The van der Waals surface area contributed by atoms with Crippen LogP contribution in [0.15, 0.2) is 29.3 Å². The molecule has 0 saturated heterocycles. The van der Waals surface area contributed by atoms with Gasteiger partial charge in [-0.1, -0.05) is 12.1 Å². The summed E-state index contributed by atoms with van der Waals surface area (Å²) in [5.74, 6) is 0.891. The van der Waals surface area contributed by atoms with Crippen LogP contribution in [0.1, 0.15) is 18.4 Å². The summed E-state index contributed by atoms with van der Waals surface area (Å²) in [6.07, 6.45) is 2.03. The van der Waals surface area contributed by atoms with Crippen molar-refractivity contribution in [3.63, 3.8) is 0 Å². The number of nitrogens with one attached hydrogen (secondary N) is 2. The normalized spacial score (nSPS) is 14.0. The van der Waals surface area contributed by atoms with Crippen LogP contribution in [0.3, 0.4) is 0 Å². The van der Waals surface area contributed by atoms with Gasteiger partial charge in [-0.25, -0.2) is 4.39 Å². The Bertz CT molecular complexity index is 531. The van der Waals surface area contributed by atoms with Crippen LogP contribution in [-0.4, -0.2) is 44.0 Å². The van der Waals surface area contributed by atoms with Crippen LogP contribution >= 0.6 is 24.0 Å². The van der Waals surface area contributed by atoms with E-state index in [-0.39, 0.29) is 41.6 Å². The van der Waals surface area contributed by atoms with E-state index in [1.54, 1.807) is 19.2 Å². The van der Waals surface area contributed by atoms with Gasteiger partial charge in [0.2, 0.25) is 5.91 Å². The number of hydrogen-bond acceptors (Lipinski definition) is 2. The van der Waals surface area contributed by atoms with Gasteiger partial charge in [0.25, 0.3) is 0 Å². The Morgan fingerprint density at radius 2 is 1.87 bits per heavy atom. The van der Waals surface area contributed by atoms with Gasteiger partial charge in [-0.15, -0.1) is 24.0 Å². The Balaban J connectivity index is 0.00000264. The number of hydrogen-bond donors (Lipinski definition) is 2. The number of rotatable bonds is 6. The first-order chi connectivity index (χ1) is 10.6. The minimum absolute atomic E-state index is 0. The molecule has 23 heavy (non-hydrogen) atoms. The average Bonchev–Trinajstić information content (AvgIpc) is 3.34. The maximum Gasteiger partial charge on any atom is 0.223 e. The molecular formula is C16H24FIN4O. The van der Waals surface area contributed by atoms with Gasteiger partial charge < -0.3 is 15.5 Å². The number of carbonyl (C=O) groups is 1. The van der Waals surface area contributed by atoms with Gasteiger partial charge in [0.05, 0.1) is 0 Å². The van der Waals surface area contributed by atoms with Gasteiger partial charge in [0.1, 0.15) is 5.82 Å². The third-order valence-corrected chi connectivity index (χ3v) is 3.56. The molecule has 0 spiro atoms. The summed E-state index contributed by atoms with van der Waals surface area (Å²) in [4.78, 5) is 17.7. The number of guanidine groups is 1. The second-order valence-electron chi connectivity index (χ2n) is 5.52. The molecule has 0 bridgehead atoms. The molecule has 1 amide bonds. The van der Waals surface area contributed by atoms with E-state index in [9.17, 15) is 9.18 Å². The highest BCUT2D eigenvalue weighted by Gasteiger charge is 2.28. The van der Waals surface area contributed by atoms with Crippen LogP contribution in [0.25, 0.3) is 0 Å². The molecule has 5 nitrogen and oxygen atoms in total. The van der Waals surface area contributed by atoms with Crippen LogP contribution in [0, 0.1) is 11.7 Å². The van der Waals surface area contributed by atoms with Gasteiger partial charge >= 0.3 is 0 Å². The second-order valence-corrected chi connectivity index (χ2v) is 5.52. The van der Waals surface area contributed by atoms with E-state index >= 15 is 0 Å². The maximum atomic E-state index is 12.9. The average molecular weight is 434 g/mol. The predicted octanol–water partition coefficient (Wildman–Crippen LogP) is 1.98. The SMILES string of the molecule is CN=C(NCCNC(=O)C1CC1)N(C)Cc1ccc(F)cc1.I. The van der Waals surface area contributed by atoms with Crippen LogP contribution in [0.4, 0.5) is 4.39 Å². The van der Waals surface area contributed by atoms with Gasteiger partial charge in [0.15, 0.2) is 5.96 Å². The van der Waals surface area contributed by atoms with E-state index in [0.717, 1.165) is 24.4 Å². The Labute approximate surface area is 153 Å². The molecule has 1 aliphatic rings. The Morgan fingerprint density at radius 3 is 2.43 bits per heavy atom. The van der Waals surface area contributed by atoms with Gasteiger partial charge in [-0.3, -0.25) is 9.79 Å². The third-order valence-electron chi connectivity index (χ3n) is 3.56. The van der Waals surface area contributed by atoms with Crippen molar-refractivity contribution >= 4 is 35.8 Å². The zero-order chi connectivity index (χ0) is 15.9. The van der Waals surface area contributed by atoms with Crippen molar-refractivity contribution < 1.29 is 9.18 Å². The van der Waals surface area contributed by atoms with E-state index in [0.29, 0.717) is 19.6 Å². The monoisotopic (exact) mass is 434 g/mol. The maximum absolute atomic E-state index is 12.9. The number of nitrogens with zero attached hydrogens (tertiary/aromatic N) is 2. The summed E-state index contributed by atoms with van der Waals surface area (Å²) in [6, 6.07) is 6.42. The van der Waals surface area contributed by atoms with Crippen LogP contribution in [0.5, 0.6) is 0 Å². The molecule has 2 N–H and O–H groups in total. The van der Waals surface area contributed by atoms with E-state index in [1.165, 1.54) is 12.1 Å². The lowest BCUT2D eigenvalue weighted by molar-refractivity contribution is -0.122. The molecule has 1 aromatic rings. The highest BCUT2D eigenvalue weighted by molar-refractivity contribution is 14.0. The molecule has 2 rings (SSSR count). The van der Waals surface area contributed by atoms with Gasteiger partial charge in [-0.05, 0) is 30.5 Å². The fourth-order valence-corrected chi connectivity index (χ4v) is 2.17. The Hall–Kier alpha value is -1.38. The minimum atomic E-state index is -0.236. The van der Waals surface area contributed by atoms with Gasteiger partial charge in [0, 0.05) is 39.6 Å². The quantitative estimate of drug-likeness (QED) is 0.312. The first-order valence-electron chi connectivity index (χ1n) is 7.54. The molecule has 1 aliphatic carbocycles. The Morgan fingerprint density at radius 1 is 1.26 bits per heavy atom. The molecule has 0 unspecified atom stereocenters. The van der Waals surface area contributed by atoms with Crippen molar-refractivity contribution in [2.75, 3.05) is 27.2 Å². The summed E-state index contributed by atoms with van der Waals surface area (Å²) in [5, 5.41) is 6.10. The number of halogens is 2. The van der Waals surface area contributed by atoms with E-state index < -0.39 is 0 Å². The smallest absolute Gasteiger partial charge is 0.223 e. The highest BCUT2D eigenvalue weighted by atomic mass is 127. The fraction of sp³-hybridized carbons (Fsp3) is 0.500. The summed E-state index contributed by atoms with van der Waals surface area (Å²) >= 11 is 0. The lowest BCUT2D eigenvalue weighted by Crippen LogP contribution is -2.42. The summed E-state index contributed by atoms with van der Waals surface area (Å²) in [6.45, 7) is 1.84. The van der Waals surface area contributed by atoms with Crippen molar-refractivity contribution in [3.8, 4) is 0 Å². The van der Waals surface area contributed by atoms with Crippen molar-refractivity contribution in [3.05, 3.63) is 35.6 Å². The molecule has 0 aliphatic heterocycles. The lowest BCUT2D eigenvalue weighted by atomic mass is 10.2. The van der Waals surface area contributed by atoms with Crippen molar-refractivity contribution in [1.82, 2.24) is 15.5 Å². The van der Waals surface area contributed by atoms with E-state index in [4.69, 9.17) is 0 Å². The molecule has 1 aromatic carbocycles. The van der Waals surface area contributed by atoms with Crippen molar-refractivity contribution in [1.29, 1.82) is 0 Å². The molecular weight excluding hydrogens is 410 g/mol. The van der Waals surface area contributed by atoms with Gasteiger partial charge in [-0.2, -0.15) is 0 Å². The highest BCUT2D eigenvalue weighted by Crippen LogP contribution is 2.28. The van der Waals surface area contributed by atoms with Crippen LogP contribution in [0.2, 0.25) is 0 Å². The number of aliphatic imine (C=N–C) groups is 1. The topological polar surface area (TPSA) is 56.7 Å². The molecule has 1 saturated carbocycles. The molecule has 0 radical (unpaired) electrons. The molecule has 0 aromatic heterocycles. The first kappa shape index (κ1) is 19.7.